The second-order valence-corrected chi connectivity index (χ2v) is 5.63. The summed E-state index contributed by atoms with van der Waals surface area (Å²) >= 11 is 6.12. The fraction of sp³-hybridized carbons (Fsp3) is 0.571. The van der Waals surface area contributed by atoms with E-state index >= 15 is 0 Å². The maximum Gasteiger partial charge on any atom is 0.0426 e. The van der Waals surface area contributed by atoms with E-state index in [4.69, 9.17) is 17.3 Å². The quantitative estimate of drug-likeness (QED) is 0.895. The molecule has 2 nitrogen and oxygen atoms in total. The number of nitrogens with two attached hydrogens (primary N) is 1. The van der Waals surface area contributed by atoms with Crippen LogP contribution in [0.15, 0.2) is 18.2 Å². The van der Waals surface area contributed by atoms with Crippen LogP contribution in [0.1, 0.15) is 31.7 Å². The van der Waals surface area contributed by atoms with Gasteiger partial charge in [0, 0.05) is 23.8 Å². The summed E-state index contributed by atoms with van der Waals surface area (Å²) in [5, 5.41) is 0.820. The lowest BCUT2D eigenvalue weighted by atomic mass is 10.0. The molecule has 1 fully saturated rings. The largest absolute Gasteiger partial charge is 0.371 e. The second kappa shape index (κ2) is 5.28. The molecule has 0 spiro atoms. The summed E-state index contributed by atoms with van der Waals surface area (Å²) in [6, 6.07) is 6.23. The van der Waals surface area contributed by atoms with Gasteiger partial charge in [0.2, 0.25) is 0 Å². The van der Waals surface area contributed by atoms with E-state index in [1.807, 2.05) is 6.07 Å². The van der Waals surface area contributed by atoms with E-state index in [0.29, 0.717) is 11.8 Å². The van der Waals surface area contributed by atoms with Gasteiger partial charge in [0.15, 0.2) is 0 Å². The lowest BCUT2D eigenvalue weighted by Crippen LogP contribution is -2.23. The molecule has 1 heterocycles. The van der Waals surface area contributed by atoms with Crippen molar-refractivity contribution in [2.45, 2.75) is 26.2 Å². The van der Waals surface area contributed by atoms with Crippen LogP contribution in [0.3, 0.4) is 0 Å². The molecule has 1 aromatic rings. The Morgan fingerprint density at radius 3 is 2.82 bits per heavy atom. The monoisotopic (exact) mass is 252 g/mol. The third-order valence-corrected chi connectivity index (χ3v) is 3.81. The van der Waals surface area contributed by atoms with E-state index in [9.17, 15) is 0 Å². The highest BCUT2D eigenvalue weighted by Gasteiger charge is 2.23. The lowest BCUT2D eigenvalue weighted by molar-refractivity contribution is 0.602. The van der Waals surface area contributed by atoms with E-state index in [0.717, 1.165) is 24.7 Å². The van der Waals surface area contributed by atoms with Crippen LogP contribution in [0, 0.1) is 5.92 Å². The van der Waals surface area contributed by atoms with Crippen LogP contribution in [0.4, 0.5) is 5.69 Å². The van der Waals surface area contributed by atoms with Crippen LogP contribution < -0.4 is 10.6 Å². The predicted molar refractivity (Wildman–Crippen MR) is 74.9 cm³/mol. The normalized spacial score (nSPS) is 20.3. The molecule has 1 saturated heterocycles. The van der Waals surface area contributed by atoms with Crippen LogP contribution in [0.2, 0.25) is 5.02 Å². The molecular weight excluding hydrogens is 232 g/mol. The van der Waals surface area contributed by atoms with Crippen LogP contribution in [-0.2, 0) is 0 Å². The summed E-state index contributed by atoms with van der Waals surface area (Å²) in [6.45, 7) is 7.40. The van der Waals surface area contributed by atoms with Crippen LogP contribution in [-0.4, -0.2) is 19.6 Å². The zero-order chi connectivity index (χ0) is 12.4. The average Bonchev–Trinajstić information content (AvgIpc) is 2.76. The number of benzene rings is 1. The standard InChI is InChI=1S/C14H21ClN2/c1-10(2)13-4-3-12(15)7-14(13)17-6-5-11(8-16)9-17/h3-4,7,10-11H,5-6,8-9,16H2,1-2H3/t11-/m0/s1. The van der Waals surface area contributed by atoms with Gasteiger partial charge in [-0.2, -0.15) is 0 Å². The summed E-state index contributed by atoms with van der Waals surface area (Å²) in [4.78, 5) is 2.43. The first-order chi connectivity index (χ1) is 8.11. The van der Waals surface area contributed by atoms with Crippen LogP contribution in [0.5, 0.6) is 0 Å². The molecule has 0 bridgehead atoms. The van der Waals surface area contributed by atoms with Gasteiger partial charge in [-0.1, -0.05) is 31.5 Å². The molecule has 1 aromatic carbocycles. The zero-order valence-electron chi connectivity index (χ0n) is 10.6. The van der Waals surface area contributed by atoms with E-state index < -0.39 is 0 Å². The number of halogens is 1. The Morgan fingerprint density at radius 1 is 1.47 bits per heavy atom. The van der Waals surface area contributed by atoms with Gasteiger partial charge in [0.25, 0.3) is 0 Å². The molecule has 0 amide bonds. The molecule has 3 heteroatoms. The van der Waals surface area contributed by atoms with Crippen LogP contribution in [0.25, 0.3) is 0 Å². The van der Waals surface area contributed by atoms with Gasteiger partial charge in [0.05, 0.1) is 0 Å². The molecule has 94 valence electrons. The minimum absolute atomic E-state index is 0.527. The number of nitrogens with zero attached hydrogens (tertiary/aromatic N) is 1. The molecule has 0 saturated carbocycles. The third-order valence-electron chi connectivity index (χ3n) is 3.57. The Kier molecular flexibility index (Phi) is 3.95. The van der Waals surface area contributed by atoms with Gasteiger partial charge < -0.3 is 10.6 Å². The topological polar surface area (TPSA) is 29.3 Å². The third kappa shape index (κ3) is 2.75. The first-order valence-corrected chi connectivity index (χ1v) is 6.74. The van der Waals surface area contributed by atoms with Gasteiger partial charge in [-0.05, 0) is 42.5 Å². The van der Waals surface area contributed by atoms with Gasteiger partial charge in [0.1, 0.15) is 0 Å². The molecule has 1 aliphatic heterocycles. The van der Waals surface area contributed by atoms with Gasteiger partial charge in [-0.3, -0.25) is 0 Å². The Balaban J connectivity index is 2.27. The van der Waals surface area contributed by atoms with Crippen LogP contribution >= 0.6 is 11.6 Å². The first-order valence-electron chi connectivity index (χ1n) is 6.36. The van der Waals surface area contributed by atoms with Crippen molar-refractivity contribution >= 4 is 17.3 Å². The van der Waals surface area contributed by atoms with Crippen molar-refractivity contribution in [3.05, 3.63) is 28.8 Å². The minimum Gasteiger partial charge on any atom is -0.371 e. The maximum absolute atomic E-state index is 6.12. The van der Waals surface area contributed by atoms with E-state index in [2.05, 4.69) is 30.9 Å². The smallest absolute Gasteiger partial charge is 0.0426 e. The Labute approximate surface area is 109 Å². The molecule has 0 aliphatic carbocycles. The Hall–Kier alpha value is -0.730. The van der Waals surface area contributed by atoms with Crippen molar-refractivity contribution in [1.29, 1.82) is 0 Å². The number of anilines is 1. The molecule has 17 heavy (non-hydrogen) atoms. The first kappa shape index (κ1) is 12.7. The SMILES string of the molecule is CC(C)c1ccc(Cl)cc1N1CC[C@@H](CN)C1. The predicted octanol–water partition coefficient (Wildman–Crippen LogP) is 3.25. The van der Waals surface area contributed by atoms with Crippen molar-refractivity contribution in [3.8, 4) is 0 Å². The van der Waals surface area contributed by atoms with Gasteiger partial charge in [-0.25, -0.2) is 0 Å². The molecule has 2 N–H and O–H groups in total. The summed E-state index contributed by atoms with van der Waals surface area (Å²) in [5.74, 6) is 1.16. The van der Waals surface area contributed by atoms with Gasteiger partial charge in [-0.15, -0.1) is 0 Å². The molecule has 0 radical (unpaired) electrons. The van der Waals surface area contributed by atoms with E-state index in [1.165, 1.54) is 17.7 Å². The van der Waals surface area contributed by atoms with Crippen molar-refractivity contribution in [2.24, 2.45) is 11.7 Å². The highest BCUT2D eigenvalue weighted by atomic mass is 35.5. The highest BCUT2D eigenvalue weighted by Crippen LogP contribution is 2.33. The average molecular weight is 253 g/mol. The Bertz CT molecular complexity index is 390. The second-order valence-electron chi connectivity index (χ2n) is 5.19. The van der Waals surface area contributed by atoms with Crippen molar-refractivity contribution in [3.63, 3.8) is 0 Å². The number of rotatable bonds is 3. The highest BCUT2D eigenvalue weighted by molar-refractivity contribution is 6.30. The van der Waals surface area contributed by atoms with Crippen molar-refractivity contribution < 1.29 is 0 Å². The summed E-state index contributed by atoms with van der Waals surface area (Å²) in [5.41, 5.74) is 8.43. The molecular formula is C14H21ClN2. The van der Waals surface area contributed by atoms with E-state index in [-0.39, 0.29) is 0 Å². The fourth-order valence-electron chi connectivity index (χ4n) is 2.52. The zero-order valence-corrected chi connectivity index (χ0v) is 11.4. The maximum atomic E-state index is 6.12. The number of hydrogen-bond acceptors (Lipinski definition) is 2. The van der Waals surface area contributed by atoms with Crippen molar-refractivity contribution in [1.82, 2.24) is 0 Å². The molecule has 0 aromatic heterocycles. The van der Waals surface area contributed by atoms with Crippen molar-refractivity contribution in [2.75, 3.05) is 24.5 Å². The molecule has 1 atom stereocenters. The molecule has 0 unspecified atom stereocenters. The Morgan fingerprint density at radius 2 is 2.24 bits per heavy atom. The molecule has 2 rings (SSSR count). The summed E-state index contributed by atoms with van der Waals surface area (Å²) in [7, 11) is 0. The van der Waals surface area contributed by atoms with Gasteiger partial charge >= 0.3 is 0 Å². The fourth-order valence-corrected chi connectivity index (χ4v) is 2.69. The summed E-state index contributed by atoms with van der Waals surface area (Å²) < 4.78 is 0. The number of hydrogen-bond donors (Lipinski definition) is 1. The van der Waals surface area contributed by atoms with E-state index in [1.54, 1.807) is 0 Å². The minimum atomic E-state index is 0.527. The lowest BCUT2D eigenvalue weighted by Gasteiger charge is -2.24. The molecule has 1 aliphatic rings. The summed E-state index contributed by atoms with van der Waals surface area (Å²) in [6.07, 6.45) is 1.19.